The summed E-state index contributed by atoms with van der Waals surface area (Å²) >= 11 is 0. The lowest BCUT2D eigenvalue weighted by Gasteiger charge is -2.27. The molecule has 5 nitrogen and oxygen atoms in total. The van der Waals surface area contributed by atoms with Crippen LogP contribution < -0.4 is 4.90 Å². The molecule has 0 aliphatic carbocycles. The molecule has 0 aromatic heterocycles. The van der Waals surface area contributed by atoms with Crippen molar-refractivity contribution in [1.82, 2.24) is 0 Å². The standard InChI is InChI=1S/C13H17NO4/c1-3-18-13(17)14(10(2)9-12(15)16)11-7-5-4-6-8-11/h4-8,10H,3,9H2,1-2H3,(H,15,16). The van der Waals surface area contributed by atoms with Crippen molar-refractivity contribution in [3.63, 3.8) is 0 Å². The average molecular weight is 251 g/mol. The van der Waals surface area contributed by atoms with E-state index >= 15 is 0 Å². The number of carbonyl (C=O) groups excluding carboxylic acids is 1. The first kappa shape index (κ1) is 14.0. The van der Waals surface area contributed by atoms with E-state index in [-0.39, 0.29) is 13.0 Å². The molecule has 1 N–H and O–H groups in total. The highest BCUT2D eigenvalue weighted by atomic mass is 16.6. The van der Waals surface area contributed by atoms with Gasteiger partial charge in [0.05, 0.1) is 13.0 Å². The lowest BCUT2D eigenvalue weighted by atomic mass is 10.2. The fourth-order valence-electron chi connectivity index (χ4n) is 1.67. The van der Waals surface area contributed by atoms with Gasteiger partial charge in [0.25, 0.3) is 0 Å². The Morgan fingerprint density at radius 3 is 2.44 bits per heavy atom. The van der Waals surface area contributed by atoms with E-state index in [0.29, 0.717) is 5.69 Å². The highest BCUT2D eigenvalue weighted by molar-refractivity contribution is 5.89. The number of nitrogens with zero attached hydrogens (tertiary/aromatic N) is 1. The predicted octanol–water partition coefficient (Wildman–Crippen LogP) is 2.51. The minimum atomic E-state index is -0.951. The number of carboxylic acid groups (broad SMARTS) is 1. The maximum absolute atomic E-state index is 11.9. The molecule has 0 saturated carbocycles. The van der Waals surface area contributed by atoms with E-state index < -0.39 is 18.1 Å². The molecule has 1 unspecified atom stereocenters. The Morgan fingerprint density at radius 1 is 1.33 bits per heavy atom. The summed E-state index contributed by atoms with van der Waals surface area (Å²) in [5, 5.41) is 8.81. The molecule has 1 atom stereocenters. The Labute approximate surface area is 106 Å². The molecule has 98 valence electrons. The third kappa shape index (κ3) is 3.76. The van der Waals surface area contributed by atoms with Crippen LogP contribution in [0.15, 0.2) is 30.3 Å². The summed E-state index contributed by atoms with van der Waals surface area (Å²) in [5.41, 5.74) is 0.629. The van der Waals surface area contributed by atoms with Crippen molar-refractivity contribution < 1.29 is 19.4 Å². The minimum Gasteiger partial charge on any atom is -0.481 e. The monoisotopic (exact) mass is 251 g/mol. The Kier molecular flexibility index (Phi) is 5.17. The quantitative estimate of drug-likeness (QED) is 0.873. The van der Waals surface area contributed by atoms with Crippen LogP contribution in [0.4, 0.5) is 10.5 Å². The zero-order valence-corrected chi connectivity index (χ0v) is 10.5. The molecule has 0 saturated heterocycles. The van der Waals surface area contributed by atoms with Gasteiger partial charge in [-0.15, -0.1) is 0 Å². The molecule has 1 aromatic carbocycles. The first-order valence-electron chi connectivity index (χ1n) is 5.79. The van der Waals surface area contributed by atoms with Gasteiger partial charge in [0.2, 0.25) is 0 Å². The normalized spacial score (nSPS) is 11.7. The molecule has 1 rings (SSSR count). The van der Waals surface area contributed by atoms with E-state index in [1.165, 1.54) is 4.90 Å². The second-order valence-corrected chi connectivity index (χ2v) is 3.85. The van der Waals surface area contributed by atoms with Gasteiger partial charge in [0.15, 0.2) is 0 Å². The van der Waals surface area contributed by atoms with Crippen LogP contribution in [0.25, 0.3) is 0 Å². The summed E-state index contributed by atoms with van der Waals surface area (Å²) < 4.78 is 4.96. The zero-order valence-electron chi connectivity index (χ0n) is 10.5. The summed E-state index contributed by atoms with van der Waals surface area (Å²) in [6.45, 7) is 3.64. The number of anilines is 1. The lowest BCUT2D eigenvalue weighted by molar-refractivity contribution is -0.137. The van der Waals surface area contributed by atoms with Crippen molar-refractivity contribution in [2.24, 2.45) is 0 Å². The van der Waals surface area contributed by atoms with Crippen LogP contribution in [-0.4, -0.2) is 29.8 Å². The van der Waals surface area contributed by atoms with Gasteiger partial charge in [-0.3, -0.25) is 9.69 Å². The van der Waals surface area contributed by atoms with Gasteiger partial charge in [-0.05, 0) is 26.0 Å². The molecule has 0 bridgehead atoms. The van der Waals surface area contributed by atoms with Crippen LogP contribution in [0.1, 0.15) is 20.3 Å². The number of carbonyl (C=O) groups is 2. The van der Waals surface area contributed by atoms with Gasteiger partial charge >= 0.3 is 12.1 Å². The van der Waals surface area contributed by atoms with Gasteiger partial charge < -0.3 is 9.84 Å². The summed E-state index contributed by atoms with van der Waals surface area (Å²) in [4.78, 5) is 24.0. The molecule has 0 spiro atoms. The Bertz CT molecular complexity index is 405. The Morgan fingerprint density at radius 2 is 1.94 bits per heavy atom. The molecule has 0 aliphatic rings. The zero-order chi connectivity index (χ0) is 13.5. The number of hydrogen-bond acceptors (Lipinski definition) is 3. The van der Waals surface area contributed by atoms with Crippen molar-refractivity contribution in [3.05, 3.63) is 30.3 Å². The van der Waals surface area contributed by atoms with Crippen molar-refractivity contribution in [3.8, 4) is 0 Å². The number of aliphatic carboxylic acids is 1. The first-order chi connectivity index (χ1) is 8.56. The first-order valence-corrected chi connectivity index (χ1v) is 5.79. The summed E-state index contributed by atoms with van der Waals surface area (Å²) in [6, 6.07) is 8.42. The largest absolute Gasteiger partial charge is 0.481 e. The van der Waals surface area contributed by atoms with Gasteiger partial charge in [-0.2, -0.15) is 0 Å². The molecule has 1 aromatic rings. The number of amides is 1. The van der Waals surface area contributed by atoms with Crippen LogP contribution in [-0.2, 0) is 9.53 Å². The molecular weight excluding hydrogens is 234 g/mol. The fraction of sp³-hybridized carbons (Fsp3) is 0.385. The van der Waals surface area contributed by atoms with Crippen LogP contribution in [0, 0.1) is 0 Å². The maximum atomic E-state index is 11.9. The van der Waals surface area contributed by atoms with Gasteiger partial charge in [-0.1, -0.05) is 18.2 Å². The third-order valence-corrected chi connectivity index (χ3v) is 2.41. The number of carboxylic acids is 1. The molecule has 0 aliphatic heterocycles. The smallest absolute Gasteiger partial charge is 0.414 e. The summed E-state index contributed by atoms with van der Waals surface area (Å²) in [5.74, 6) is -0.951. The van der Waals surface area contributed by atoms with Crippen LogP contribution in [0.5, 0.6) is 0 Å². The van der Waals surface area contributed by atoms with Crippen LogP contribution in [0.2, 0.25) is 0 Å². The summed E-state index contributed by atoms with van der Waals surface area (Å²) in [6.07, 6.45) is -0.661. The van der Waals surface area contributed by atoms with E-state index in [1.807, 2.05) is 6.07 Å². The molecule has 18 heavy (non-hydrogen) atoms. The number of ether oxygens (including phenoxy) is 1. The maximum Gasteiger partial charge on any atom is 0.414 e. The topological polar surface area (TPSA) is 66.8 Å². The summed E-state index contributed by atoms with van der Waals surface area (Å²) in [7, 11) is 0. The van der Waals surface area contributed by atoms with Gasteiger partial charge in [0.1, 0.15) is 0 Å². The number of benzene rings is 1. The van der Waals surface area contributed by atoms with Crippen molar-refractivity contribution in [2.45, 2.75) is 26.3 Å². The Hall–Kier alpha value is -2.04. The third-order valence-electron chi connectivity index (χ3n) is 2.41. The van der Waals surface area contributed by atoms with Crippen molar-refractivity contribution in [2.75, 3.05) is 11.5 Å². The van der Waals surface area contributed by atoms with E-state index in [0.717, 1.165) is 0 Å². The number of rotatable bonds is 5. The van der Waals surface area contributed by atoms with E-state index in [9.17, 15) is 9.59 Å². The van der Waals surface area contributed by atoms with E-state index in [4.69, 9.17) is 9.84 Å². The van der Waals surface area contributed by atoms with Gasteiger partial charge in [0, 0.05) is 11.7 Å². The second kappa shape index (κ2) is 6.64. The molecule has 5 heteroatoms. The molecule has 0 radical (unpaired) electrons. The lowest BCUT2D eigenvalue weighted by Crippen LogP contribution is -2.40. The fourth-order valence-corrected chi connectivity index (χ4v) is 1.67. The van der Waals surface area contributed by atoms with E-state index in [2.05, 4.69) is 0 Å². The SMILES string of the molecule is CCOC(=O)N(c1ccccc1)C(C)CC(=O)O. The Balaban J connectivity index is 2.95. The highest BCUT2D eigenvalue weighted by Gasteiger charge is 2.24. The molecule has 0 fully saturated rings. The van der Waals surface area contributed by atoms with Crippen molar-refractivity contribution >= 4 is 17.7 Å². The molecule has 1 amide bonds. The minimum absolute atomic E-state index is 0.131. The molecular formula is C13H17NO4. The van der Waals surface area contributed by atoms with Crippen molar-refractivity contribution in [1.29, 1.82) is 0 Å². The van der Waals surface area contributed by atoms with Crippen LogP contribution >= 0.6 is 0 Å². The van der Waals surface area contributed by atoms with E-state index in [1.54, 1.807) is 38.1 Å². The molecule has 0 heterocycles. The second-order valence-electron chi connectivity index (χ2n) is 3.85. The highest BCUT2D eigenvalue weighted by Crippen LogP contribution is 2.19. The number of hydrogen-bond donors (Lipinski definition) is 1. The van der Waals surface area contributed by atoms with Crippen LogP contribution in [0.3, 0.4) is 0 Å². The average Bonchev–Trinajstić information content (AvgIpc) is 2.30. The predicted molar refractivity (Wildman–Crippen MR) is 67.7 cm³/mol. The van der Waals surface area contributed by atoms with Gasteiger partial charge in [-0.25, -0.2) is 4.79 Å². The number of para-hydroxylation sites is 1.